The second-order valence-corrected chi connectivity index (χ2v) is 8.59. The number of carbonyl (C=O) groups excluding carboxylic acids is 2. The molecule has 0 aliphatic heterocycles. The Bertz CT molecular complexity index is 697. The molecule has 2 amide bonds. The molecule has 0 saturated heterocycles. The minimum atomic E-state index is 0.483. The van der Waals surface area contributed by atoms with Crippen molar-refractivity contribution in [1.29, 1.82) is 0 Å². The van der Waals surface area contributed by atoms with Crippen LogP contribution in [0.3, 0.4) is 0 Å². The molecule has 0 unspecified atom stereocenters. The highest BCUT2D eigenvalue weighted by Crippen LogP contribution is 2.18. The maximum atomic E-state index is 9.96. The van der Waals surface area contributed by atoms with E-state index >= 15 is 0 Å². The van der Waals surface area contributed by atoms with Crippen LogP contribution in [-0.2, 0) is 9.59 Å². The summed E-state index contributed by atoms with van der Waals surface area (Å²) in [6.45, 7) is 4.25. The van der Waals surface area contributed by atoms with Crippen LogP contribution in [0.1, 0.15) is 75.3 Å². The molecule has 164 valence electrons. The predicted molar refractivity (Wildman–Crippen MR) is 126 cm³/mol. The van der Waals surface area contributed by atoms with Gasteiger partial charge in [0.15, 0.2) is 0 Å². The zero-order chi connectivity index (χ0) is 21.6. The molecule has 0 bridgehead atoms. The molecule has 2 N–H and O–H groups in total. The van der Waals surface area contributed by atoms with Gasteiger partial charge in [-0.2, -0.15) is 0 Å². The summed E-state index contributed by atoms with van der Waals surface area (Å²) in [5, 5.41) is 8.28. The minimum absolute atomic E-state index is 0.483. The van der Waals surface area contributed by atoms with Crippen molar-refractivity contribution >= 4 is 23.6 Å². The first-order chi connectivity index (χ1) is 14.6. The van der Waals surface area contributed by atoms with Crippen LogP contribution in [0, 0.1) is 13.8 Å². The number of hydrogen-bond acceptors (Lipinski definition) is 2. The molecule has 2 saturated carbocycles. The Hall–Kier alpha value is -2.36. The highest BCUT2D eigenvalue weighted by molar-refractivity contribution is 5.83. The van der Waals surface area contributed by atoms with E-state index in [1.807, 2.05) is 0 Å². The summed E-state index contributed by atoms with van der Waals surface area (Å²) in [7, 11) is 0. The Labute approximate surface area is 181 Å². The molecule has 0 heterocycles. The van der Waals surface area contributed by atoms with Crippen LogP contribution in [0.2, 0.25) is 0 Å². The van der Waals surface area contributed by atoms with Crippen molar-refractivity contribution < 1.29 is 9.59 Å². The van der Waals surface area contributed by atoms with Crippen LogP contribution in [0.15, 0.2) is 36.4 Å². The normalized spacial score (nSPS) is 17.0. The van der Waals surface area contributed by atoms with E-state index in [4.69, 9.17) is 0 Å². The van der Waals surface area contributed by atoms with E-state index < -0.39 is 0 Å². The molecule has 0 aromatic heterocycles. The van der Waals surface area contributed by atoms with E-state index in [2.05, 4.69) is 60.9 Å². The number of fused-ring (bicyclic) bond motifs is 1. The summed E-state index contributed by atoms with van der Waals surface area (Å²) in [6.07, 6.45) is 14.2. The van der Waals surface area contributed by atoms with Gasteiger partial charge >= 0.3 is 0 Å². The lowest BCUT2D eigenvalue weighted by molar-refractivity contribution is -0.111. The van der Waals surface area contributed by atoms with Crippen molar-refractivity contribution in [2.45, 2.75) is 90.1 Å². The maximum Gasteiger partial charge on any atom is 0.207 e. The number of amides is 2. The van der Waals surface area contributed by atoms with Crippen molar-refractivity contribution in [3.63, 3.8) is 0 Å². The molecule has 0 spiro atoms. The number of carbonyl (C=O) groups is 2. The van der Waals surface area contributed by atoms with E-state index in [0.29, 0.717) is 12.1 Å². The second kappa shape index (κ2) is 13.8. The van der Waals surface area contributed by atoms with Gasteiger partial charge in [0.1, 0.15) is 0 Å². The van der Waals surface area contributed by atoms with E-state index in [-0.39, 0.29) is 0 Å². The Morgan fingerprint density at radius 2 is 1.00 bits per heavy atom. The quantitative estimate of drug-likeness (QED) is 0.646. The van der Waals surface area contributed by atoms with Crippen molar-refractivity contribution in [2.24, 2.45) is 0 Å². The lowest BCUT2D eigenvalue weighted by Crippen LogP contribution is -2.29. The molecule has 30 heavy (non-hydrogen) atoms. The molecular formula is C26H38N2O2. The number of hydrogen-bond donors (Lipinski definition) is 2. The Morgan fingerprint density at radius 3 is 1.33 bits per heavy atom. The molecule has 2 aliphatic rings. The lowest BCUT2D eigenvalue weighted by atomic mass is 9.96. The molecule has 0 atom stereocenters. The molecule has 2 aliphatic carbocycles. The van der Waals surface area contributed by atoms with Crippen LogP contribution in [0.25, 0.3) is 10.8 Å². The SMILES string of the molecule is Cc1ccc2cc(C)ccc2c1.O=CNC1CCCCC1.O=CNC1CCCCC1. The monoisotopic (exact) mass is 410 g/mol. The Morgan fingerprint density at radius 1 is 0.633 bits per heavy atom. The molecule has 2 fully saturated rings. The minimum Gasteiger partial charge on any atom is -0.356 e. The largest absolute Gasteiger partial charge is 0.356 e. The molecule has 0 radical (unpaired) electrons. The van der Waals surface area contributed by atoms with Crippen LogP contribution >= 0.6 is 0 Å². The topological polar surface area (TPSA) is 58.2 Å². The second-order valence-electron chi connectivity index (χ2n) is 8.59. The lowest BCUT2D eigenvalue weighted by Gasteiger charge is -2.19. The van der Waals surface area contributed by atoms with E-state index in [0.717, 1.165) is 12.8 Å². The average Bonchev–Trinajstić information content (AvgIpc) is 2.77. The molecule has 4 nitrogen and oxygen atoms in total. The van der Waals surface area contributed by atoms with Gasteiger partial charge in [0.25, 0.3) is 0 Å². The zero-order valence-electron chi connectivity index (χ0n) is 18.7. The van der Waals surface area contributed by atoms with E-state index in [9.17, 15) is 9.59 Å². The van der Waals surface area contributed by atoms with Crippen LogP contribution in [-0.4, -0.2) is 24.9 Å². The first-order valence-electron chi connectivity index (χ1n) is 11.5. The maximum absolute atomic E-state index is 9.96. The highest BCUT2D eigenvalue weighted by Gasteiger charge is 2.11. The molecule has 4 rings (SSSR count). The van der Waals surface area contributed by atoms with Gasteiger partial charge in [0.2, 0.25) is 12.8 Å². The van der Waals surface area contributed by atoms with Crippen molar-refractivity contribution in [1.82, 2.24) is 10.6 Å². The number of rotatable bonds is 4. The van der Waals surface area contributed by atoms with Crippen LogP contribution in [0.4, 0.5) is 0 Å². The molecule has 2 aromatic rings. The fraction of sp³-hybridized carbons (Fsp3) is 0.538. The standard InChI is InChI=1S/C12H12.2C7H13NO/c1-9-3-5-12-8-10(2)4-6-11(12)7-9;2*9-6-8-7-4-2-1-3-5-7/h3-8H,1-2H3;2*6-7H,1-5H2,(H,8,9). The van der Waals surface area contributed by atoms with Gasteiger partial charge in [0.05, 0.1) is 0 Å². The fourth-order valence-electron chi connectivity index (χ4n) is 4.22. The van der Waals surface area contributed by atoms with Gasteiger partial charge in [-0.3, -0.25) is 9.59 Å². The number of benzene rings is 2. The third kappa shape index (κ3) is 8.98. The summed E-state index contributed by atoms with van der Waals surface area (Å²) >= 11 is 0. The van der Waals surface area contributed by atoms with Gasteiger partial charge in [-0.15, -0.1) is 0 Å². The van der Waals surface area contributed by atoms with Gasteiger partial charge in [0, 0.05) is 12.1 Å². The van der Waals surface area contributed by atoms with Crippen LogP contribution < -0.4 is 10.6 Å². The number of aryl methyl sites for hydroxylation is 2. The summed E-state index contributed by atoms with van der Waals surface area (Å²) < 4.78 is 0. The Kier molecular flexibility index (Phi) is 11.0. The summed E-state index contributed by atoms with van der Waals surface area (Å²) in [5.74, 6) is 0. The Balaban J connectivity index is 0.000000163. The van der Waals surface area contributed by atoms with E-state index in [1.54, 1.807) is 0 Å². The van der Waals surface area contributed by atoms with Gasteiger partial charge in [-0.25, -0.2) is 0 Å². The van der Waals surface area contributed by atoms with Gasteiger partial charge in [-0.1, -0.05) is 86.1 Å². The fourth-order valence-corrected chi connectivity index (χ4v) is 4.22. The number of nitrogens with one attached hydrogen (secondary N) is 2. The molecule has 2 aromatic carbocycles. The molecule has 4 heteroatoms. The summed E-state index contributed by atoms with van der Waals surface area (Å²) in [4.78, 5) is 19.9. The third-order valence-electron chi connectivity index (χ3n) is 5.97. The summed E-state index contributed by atoms with van der Waals surface area (Å²) in [6, 6.07) is 14.1. The van der Waals surface area contributed by atoms with Crippen molar-refractivity contribution in [3.8, 4) is 0 Å². The smallest absolute Gasteiger partial charge is 0.207 e. The highest BCUT2D eigenvalue weighted by atomic mass is 16.1. The zero-order valence-corrected chi connectivity index (χ0v) is 18.7. The van der Waals surface area contributed by atoms with Gasteiger partial charge in [-0.05, 0) is 50.3 Å². The van der Waals surface area contributed by atoms with Crippen molar-refractivity contribution in [2.75, 3.05) is 0 Å². The predicted octanol–water partition coefficient (Wildman–Crippen LogP) is 5.59. The first kappa shape index (κ1) is 23.9. The average molecular weight is 411 g/mol. The van der Waals surface area contributed by atoms with Crippen molar-refractivity contribution in [3.05, 3.63) is 47.5 Å². The third-order valence-corrected chi connectivity index (χ3v) is 5.97. The summed E-state index contributed by atoms with van der Waals surface area (Å²) in [5.41, 5.74) is 2.65. The first-order valence-corrected chi connectivity index (χ1v) is 11.5. The van der Waals surface area contributed by atoms with Gasteiger partial charge < -0.3 is 10.6 Å². The van der Waals surface area contributed by atoms with Crippen LogP contribution in [0.5, 0.6) is 0 Å². The van der Waals surface area contributed by atoms with E-state index in [1.165, 1.54) is 86.1 Å². The molecular weight excluding hydrogens is 372 g/mol.